The van der Waals surface area contributed by atoms with E-state index in [-0.39, 0.29) is 6.03 Å². The van der Waals surface area contributed by atoms with Crippen LogP contribution in [0.5, 0.6) is 0 Å². The summed E-state index contributed by atoms with van der Waals surface area (Å²) < 4.78 is 5.25. The van der Waals surface area contributed by atoms with Crippen molar-refractivity contribution in [3.8, 4) is 0 Å². The van der Waals surface area contributed by atoms with Gasteiger partial charge in [-0.1, -0.05) is 0 Å². The lowest BCUT2D eigenvalue weighted by molar-refractivity contribution is 0.185. The van der Waals surface area contributed by atoms with Gasteiger partial charge in [0, 0.05) is 38.0 Å². The molecule has 1 saturated heterocycles. The van der Waals surface area contributed by atoms with Crippen LogP contribution < -0.4 is 10.6 Å². The highest BCUT2D eigenvalue weighted by molar-refractivity contribution is 5.73. The maximum absolute atomic E-state index is 11.6. The first-order chi connectivity index (χ1) is 8.75. The molecule has 2 heterocycles. The molecule has 0 aromatic carbocycles. The second-order valence-electron chi connectivity index (χ2n) is 4.60. The van der Waals surface area contributed by atoms with Gasteiger partial charge in [-0.05, 0) is 30.5 Å². The van der Waals surface area contributed by atoms with E-state index in [1.54, 1.807) is 12.4 Å². The Balaban J connectivity index is 1.69. The van der Waals surface area contributed by atoms with Crippen LogP contribution in [-0.4, -0.2) is 30.8 Å². The summed E-state index contributed by atoms with van der Waals surface area (Å²) in [6, 6.07) is 1.80. The molecule has 2 rings (SSSR count). The number of hydrogen-bond acceptors (Lipinski definition) is 3. The summed E-state index contributed by atoms with van der Waals surface area (Å²) in [6.07, 6.45) is 4.56. The van der Waals surface area contributed by atoms with Crippen molar-refractivity contribution in [1.29, 1.82) is 0 Å². The lowest BCUT2D eigenvalue weighted by atomic mass is 10.1. The molecular formula is C13H19N3O2. The molecule has 5 nitrogen and oxygen atoms in total. The predicted molar refractivity (Wildman–Crippen MR) is 68.1 cm³/mol. The van der Waals surface area contributed by atoms with Crippen molar-refractivity contribution in [2.75, 3.05) is 19.8 Å². The van der Waals surface area contributed by atoms with Crippen LogP contribution in [0, 0.1) is 12.8 Å². The van der Waals surface area contributed by atoms with E-state index >= 15 is 0 Å². The van der Waals surface area contributed by atoms with Gasteiger partial charge in [0.15, 0.2) is 0 Å². The van der Waals surface area contributed by atoms with Crippen LogP contribution in [0.3, 0.4) is 0 Å². The van der Waals surface area contributed by atoms with Crippen molar-refractivity contribution >= 4 is 6.03 Å². The van der Waals surface area contributed by atoms with Crippen LogP contribution in [0.15, 0.2) is 18.5 Å². The maximum Gasteiger partial charge on any atom is 0.315 e. The lowest BCUT2D eigenvalue weighted by Crippen LogP contribution is -2.38. The van der Waals surface area contributed by atoms with Gasteiger partial charge >= 0.3 is 6.03 Å². The molecule has 1 aromatic heterocycles. The molecule has 0 saturated carbocycles. The standard InChI is InChI=1S/C13H19N3O2/c1-10-2-4-14-7-12(10)8-16-13(17)15-6-11-3-5-18-9-11/h2,4,7,11H,3,5-6,8-9H2,1H3,(H2,15,16,17). The summed E-state index contributed by atoms with van der Waals surface area (Å²) in [6.45, 7) is 4.75. The molecule has 18 heavy (non-hydrogen) atoms. The fraction of sp³-hybridized carbons (Fsp3) is 0.538. The summed E-state index contributed by atoms with van der Waals surface area (Å²) in [5.74, 6) is 0.455. The van der Waals surface area contributed by atoms with Crippen LogP contribution in [0.1, 0.15) is 17.5 Å². The molecule has 1 unspecified atom stereocenters. The summed E-state index contributed by atoms with van der Waals surface area (Å²) >= 11 is 0. The van der Waals surface area contributed by atoms with Crippen molar-refractivity contribution in [3.63, 3.8) is 0 Å². The lowest BCUT2D eigenvalue weighted by Gasteiger charge is -2.11. The molecule has 2 amide bonds. The highest BCUT2D eigenvalue weighted by Crippen LogP contribution is 2.10. The minimum absolute atomic E-state index is 0.134. The minimum atomic E-state index is -0.134. The normalized spacial score (nSPS) is 18.6. The third-order valence-electron chi connectivity index (χ3n) is 3.16. The molecule has 98 valence electrons. The number of rotatable bonds is 4. The van der Waals surface area contributed by atoms with Gasteiger partial charge in [0.2, 0.25) is 0 Å². The monoisotopic (exact) mass is 249 g/mol. The number of nitrogens with one attached hydrogen (secondary N) is 2. The second kappa shape index (κ2) is 6.35. The zero-order valence-electron chi connectivity index (χ0n) is 10.6. The zero-order valence-corrected chi connectivity index (χ0v) is 10.6. The number of urea groups is 1. The Bertz CT molecular complexity index is 403. The Morgan fingerprint density at radius 3 is 3.17 bits per heavy atom. The first-order valence-electron chi connectivity index (χ1n) is 6.24. The van der Waals surface area contributed by atoms with Gasteiger partial charge in [-0.3, -0.25) is 4.98 Å². The zero-order chi connectivity index (χ0) is 12.8. The van der Waals surface area contributed by atoms with Gasteiger partial charge in [-0.25, -0.2) is 4.79 Å². The summed E-state index contributed by atoms with van der Waals surface area (Å²) in [5, 5.41) is 5.70. The number of aromatic nitrogens is 1. The smallest absolute Gasteiger partial charge is 0.315 e. The van der Waals surface area contributed by atoms with Crippen LogP contribution in [-0.2, 0) is 11.3 Å². The van der Waals surface area contributed by atoms with Crippen molar-refractivity contribution in [1.82, 2.24) is 15.6 Å². The Kier molecular flexibility index (Phi) is 4.52. The highest BCUT2D eigenvalue weighted by Gasteiger charge is 2.16. The molecule has 1 atom stereocenters. The number of carbonyl (C=O) groups is 1. The van der Waals surface area contributed by atoms with Crippen molar-refractivity contribution < 1.29 is 9.53 Å². The molecule has 5 heteroatoms. The number of nitrogens with zero attached hydrogens (tertiary/aromatic N) is 1. The van der Waals surface area contributed by atoms with Gasteiger partial charge in [-0.15, -0.1) is 0 Å². The highest BCUT2D eigenvalue weighted by atomic mass is 16.5. The molecule has 0 aliphatic carbocycles. The molecule has 0 bridgehead atoms. The van der Waals surface area contributed by atoms with E-state index in [1.807, 2.05) is 13.0 Å². The molecule has 1 aliphatic heterocycles. The van der Waals surface area contributed by atoms with Crippen molar-refractivity contribution in [2.24, 2.45) is 5.92 Å². The molecule has 1 aliphatic rings. The Labute approximate surface area is 107 Å². The molecule has 1 aromatic rings. The van der Waals surface area contributed by atoms with Crippen molar-refractivity contribution in [3.05, 3.63) is 29.6 Å². The number of aryl methyl sites for hydroxylation is 1. The Morgan fingerprint density at radius 2 is 2.44 bits per heavy atom. The van der Waals surface area contributed by atoms with E-state index < -0.39 is 0 Å². The van der Waals surface area contributed by atoms with Gasteiger partial charge in [0.1, 0.15) is 0 Å². The van der Waals surface area contributed by atoms with E-state index in [4.69, 9.17) is 4.74 Å². The van der Waals surface area contributed by atoms with Gasteiger partial charge in [0.05, 0.1) is 6.61 Å². The van der Waals surface area contributed by atoms with E-state index in [1.165, 1.54) is 0 Å². The molecule has 0 spiro atoms. The van der Waals surface area contributed by atoms with E-state index in [0.717, 1.165) is 30.8 Å². The predicted octanol–water partition coefficient (Wildman–Crippen LogP) is 1.23. The van der Waals surface area contributed by atoms with Gasteiger partial charge < -0.3 is 15.4 Å². The fourth-order valence-electron chi connectivity index (χ4n) is 1.90. The van der Waals surface area contributed by atoms with E-state index in [2.05, 4.69) is 15.6 Å². The second-order valence-corrected chi connectivity index (χ2v) is 4.60. The number of pyridine rings is 1. The van der Waals surface area contributed by atoms with Crippen LogP contribution in [0.4, 0.5) is 4.79 Å². The molecule has 0 radical (unpaired) electrons. The molecular weight excluding hydrogens is 230 g/mol. The average Bonchev–Trinajstić information content (AvgIpc) is 2.88. The number of ether oxygens (including phenoxy) is 1. The number of carbonyl (C=O) groups excluding carboxylic acids is 1. The van der Waals surface area contributed by atoms with E-state index in [0.29, 0.717) is 19.0 Å². The minimum Gasteiger partial charge on any atom is -0.381 e. The van der Waals surface area contributed by atoms with E-state index in [9.17, 15) is 4.79 Å². The van der Waals surface area contributed by atoms with Crippen molar-refractivity contribution in [2.45, 2.75) is 19.9 Å². The number of amides is 2. The quantitative estimate of drug-likeness (QED) is 0.843. The fourth-order valence-corrected chi connectivity index (χ4v) is 1.90. The third kappa shape index (κ3) is 3.70. The van der Waals surface area contributed by atoms with Crippen LogP contribution >= 0.6 is 0 Å². The molecule has 1 fully saturated rings. The number of hydrogen-bond donors (Lipinski definition) is 2. The first kappa shape index (κ1) is 12.8. The SMILES string of the molecule is Cc1ccncc1CNC(=O)NCC1CCOC1. The summed E-state index contributed by atoms with van der Waals surface area (Å²) in [4.78, 5) is 15.6. The van der Waals surface area contributed by atoms with Crippen LogP contribution in [0.2, 0.25) is 0 Å². The maximum atomic E-state index is 11.6. The molecule has 2 N–H and O–H groups in total. The third-order valence-corrected chi connectivity index (χ3v) is 3.16. The summed E-state index contributed by atoms with van der Waals surface area (Å²) in [7, 11) is 0. The Morgan fingerprint density at radius 1 is 1.56 bits per heavy atom. The Hall–Kier alpha value is -1.62. The topological polar surface area (TPSA) is 63.2 Å². The summed E-state index contributed by atoms with van der Waals surface area (Å²) in [5.41, 5.74) is 2.17. The van der Waals surface area contributed by atoms with Gasteiger partial charge in [-0.2, -0.15) is 0 Å². The average molecular weight is 249 g/mol. The largest absolute Gasteiger partial charge is 0.381 e. The first-order valence-corrected chi connectivity index (χ1v) is 6.24. The van der Waals surface area contributed by atoms with Crippen LogP contribution in [0.25, 0.3) is 0 Å². The van der Waals surface area contributed by atoms with Gasteiger partial charge in [0.25, 0.3) is 0 Å².